The molecular formula is C24H24F3N5O4S. The first-order chi connectivity index (χ1) is 17.4. The van der Waals surface area contributed by atoms with Gasteiger partial charge in [-0.25, -0.2) is 8.42 Å². The third-order valence-corrected chi connectivity index (χ3v) is 6.46. The quantitative estimate of drug-likeness (QED) is 0.510. The Morgan fingerprint density at radius 1 is 1.11 bits per heavy atom. The van der Waals surface area contributed by atoms with Gasteiger partial charge < -0.3 is 15.0 Å². The maximum absolute atomic E-state index is 13.0. The number of halogens is 3. The SMILES string of the molecule is Cc1ncc(NC(=O)c2ccnc(C(F)(F)F)c2)cc1-c1cnc(CS(C)(=O)=O)c(N2CCOCC2)c1. The van der Waals surface area contributed by atoms with Crippen molar-refractivity contribution < 1.29 is 31.1 Å². The van der Waals surface area contributed by atoms with Gasteiger partial charge in [0.05, 0.1) is 42.2 Å². The number of hydrogen-bond acceptors (Lipinski definition) is 8. The summed E-state index contributed by atoms with van der Waals surface area (Å²) in [6, 6.07) is 5.33. The minimum absolute atomic E-state index is 0.203. The summed E-state index contributed by atoms with van der Waals surface area (Å²) in [5, 5.41) is 2.57. The molecule has 0 atom stereocenters. The number of carbonyl (C=O) groups is 1. The predicted octanol–water partition coefficient (Wildman–Crippen LogP) is 3.50. The number of nitrogens with one attached hydrogen (secondary N) is 1. The highest BCUT2D eigenvalue weighted by molar-refractivity contribution is 7.89. The van der Waals surface area contributed by atoms with E-state index in [9.17, 15) is 26.4 Å². The molecule has 1 amide bonds. The number of anilines is 2. The first-order valence-electron chi connectivity index (χ1n) is 11.2. The number of pyridine rings is 3. The van der Waals surface area contributed by atoms with E-state index < -0.39 is 27.6 Å². The van der Waals surface area contributed by atoms with Gasteiger partial charge in [0, 0.05) is 54.1 Å². The summed E-state index contributed by atoms with van der Waals surface area (Å²) in [6.07, 6.45) is 0.332. The molecule has 0 spiro atoms. The lowest BCUT2D eigenvalue weighted by molar-refractivity contribution is -0.141. The van der Waals surface area contributed by atoms with Crippen molar-refractivity contribution in [3.8, 4) is 11.1 Å². The number of morpholine rings is 1. The highest BCUT2D eigenvalue weighted by Crippen LogP contribution is 2.31. The molecule has 0 unspecified atom stereocenters. The van der Waals surface area contributed by atoms with Crippen LogP contribution in [-0.4, -0.2) is 61.8 Å². The van der Waals surface area contributed by atoms with Crippen molar-refractivity contribution in [3.63, 3.8) is 0 Å². The summed E-state index contributed by atoms with van der Waals surface area (Å²) < 4.78 is 68.3. The van der Waals surface area contributed by atoms with Gasteiger partial charge in [-0.15, -0.1) is 0 Å². The van der Waals surface area contributed by atoms with Crippen LogP contribution in [0.1, 0.15) is 27.4 Å². The van der Waals surface area contributed by atoms with Crippen LogP contribution in [0.2, 0.25) is 0 Å². The van der Waals surface area contributed by atoms with Gasteiger partial charge in [-0.05, 0) is 31.2 Å². The number of hydrogen-bond donors (Lipinski definition) is 1. The minimum Gasteiger partial charge on any atom is -0.378 e. The van der Waals surface area contributed by atoms with E-state index in [2.05, 4.69) is 20.3 Å². The third-order valence-electron chi connectivity index (χ3n) is 5.67. The number of aromatic nitrogens is 3. The summed E-state index contributed by atoms with van der Waals surface area (Å²) >= 11 is 0. The van der Waals surface area contributed by atoms with Gasteiger partial charge in [0.15, 0.2) is 9.84 Å². The summed E-state index contributed by atoms with van der Waals surface area (Å²) in [6.45, 7) is 3.89. The first-order valence-corrected chi connectivity index (χ1v) is 13.3. The van der Waals surface area contributed by atoms with Gasteiger partial charge in [-0.3, -0.25) is 19.7 Å². The Kier molecular flexibility index (Phi) is 7.46. The molecule has 4 rings (SSSR count). The van der Waals surface area contributed by atoms with E-state index in [1.165, 1.54) is 12.3 Å². The highest BCUT2D eigenvalue weighted by atomic mass is 32.2. The van der Waals surface area contributed by atoms with E-state index in [4.69, 9.17) is 4.74 Å². The normalized spacial score (nSPS) is 14.5. The molecule has 196 valence electrons. The number of carbonyl (C=O) groups excluding carboxylic acids is 1. The Balaban J connectivity index is 1.66. The van der Waals surface area contributed by atoms with Crippen LogP contribution in [0.15, 0.2) is 42.9 Å². The van der Waals surface area contributed by atoms with Gasteiger partial charge in [-0.1, -0.05) is 0 Å². The molecule has 0 saturated carbocycles. The number of ether oxygens (including phenoxy) is 1. The van der Waals surface area contributed by atoms with Crippen LogP contribution in [0.4, 0.5) is 24.5 Å². The molecule has 9 nitrogen and oxygen atoms in total. The van der Waals surface area contributed by atoms with Crippen molar-refractivity contribution in [2.45, 2.75) is 18.9 Å². The number of amides is 1. The minimum atomic E-state index is -4.68. The standard InChI is InChI=1S/C24H24F3N5O4S/c1-15-19(11-18(13-29-15)31-23(33)16-3-4-28-22(10-16)24(25,26)27)17-9-21(32-5-7-36-8-6-32)20(30-12-17)14-37(2,34)35/h3-4,9-13H,5-8,14H2,1-2H3,(H,31,33). The summed E-state index contributed by atoms with van der Waals surface area (Å²) in [4.78, 5) is 26.7. The molecule has 37 heavy (non-hydrogen) atoms. The molecule has 3 aromatic heterocycles. The maximum atomic E-state index is 13.0. The fourth-order valence-corrected chi connectivity index (χ4v) is 4.61. The number of sulfone groups is 1. The van der Waals surface area contributed by atoms with Crippen molar-refractivity contribution in [2.75, 3.05) is 42.8 Å². The highest BCUT2D eigenvalue weighted by Gasteiger charge is 2.33. The number of aryl methyl sites for hydroxylation is 1. The fourth-order valence-electron chi connectivity index (χ4n) is 3.89. The topological polar surface area (TPSA) is 114 Å². The van der Waals surface area contributed by atoms with Gasteiger partial charge in [0.1, 0.15) is 5.69 Å². The molecule has 1 aliphatic rings. The molecule has 1 N–H and O–H groups in total. The monoisotopic (exact) mass is 535 g/mol. The smallest absolute Gasteiger partial charge is 0.378 e. The molecule has 1 fully saturated rings. The first kappa shape index (κ1) is 26.5. The van der Waals surface area contributed by atoms with Crippen molar-refractivity contribution in [1.82, 2.24) is 15.0 Å². The Morgan fingerprint density at radius 3 is 2.51 bits per heavy atom. The van der Waals surface area contributed by atoms with Gasteiger partial charge in [-0.2, -0.15) is 13.2 Å². The second-order valence-electron chi connectivity index (χ2n) is 8.60. The summed E-state index contributed by atoms with van der Waals surface area (Å²) in [7, 11) is -3.34. The van der Waals surface area contributed by atoms with Crippen LogP contribution < -0.4 is 10.2 Å². The van der Waals surface area contributed by atoms with Crippen molar-refractivity contribution in [3.05, 3.63) is 65.5 Å². The van der Waals surface area contributed by atoms with Crippen LogP contribution in [0.3, 0.4) is 0 Å². The van der Waals surface area contributed by atoms with Crippen LogP contribution in [0.25, 0.3) is 11.1 Å². The van der Waals surface area contributed by atoms with Gasteiger partial charge in [0.2, 0.25) is 0 Å². The average Bonchev–Trinajstić information content (AvgIpc) is 2.85. The second-order valence-corrected chi connectivity index (χ2v) is 10.7. The molecule has 3 aromatic rings. The molecule has 13 heteroatoms. The lowest BCUT2D eigenvalue weighted by Gasteiger charge is -2.30. The Morgan fingerprint density at radius 2 is 1.84 bits per heavy atom. The van der Waals surface area contributed by atoms with Crippen molar-refractivity contribution in [2.24, 2.45) is 0 Å². The Hall–Kier alpha value is -3.58. The molecular weight excluding hydrogens is 511 g/mol. The number of alkyl halides is 3. The summed E-state index contributed by atoms with van der Waals surface area (Å²) in [5.74, 6) is -0.973. The average molecular weight is 536 g/mol. The fraction of sp³-hybridized carbons (Fsp3) is 0.333. The van der Waals surface area contributed by atoms with Crippen LogP contribution in [-0.2, 0) is 26.5 Å². The van der Waals surface area contributed by atoms with E-state index in [0.717, 1.165) is 12.5 Å². The third kappa shape index (κ3) is 6.60. The zero-order valence-corrected chi connectivity index (χ0v) is 20.9. The lowest BCUT2D eigenvalue weighted by Crippen LogP contribution is -2.37. The molecule has 0 aromatic carbocycles. The number of nitrogens with zero attached hydrogens (tertiary/aromatic N) is 4. The molecule has 4 heterocycles. The maximum Gasteiger partial charge on any atom is 0.433 e. The molecule has 1 aliphatic heterocycles. The zero-order valence-electron chi connectivity index (χ0n) is 20.0. The predicted molar refractivity (Wildman–Crippen MR) is 131 cm³/mol. The van der Waals surface area contributed by atoms with Crippen molar-refractivity contribution >= 4 is 27.1 Å². The van der Waals surface area contributed by atoms with Gasteiger partial charge in [0.25, 0.3) is 5.91 Å². The van der Waals surface area contributed by atoms with Gasteiger partial charge >= 0.3 is 6.18 Å². The Labute approximate surface area is 211 Å². The molecule has 1 saturated heterocycles. The van der Waals surface area contributed by atoms with Crippen LogP contribution in [0, 0.1) is 6.92 Å². The summed E-state index contributed by atoms with van der Waals surface area (Å²) in [5.41, 5.74) is 1.86. The molecule has 0 radical (unpaired) electrons. The van der Waals surface area contributed by atoms with E-state index >= 15 is 0 Å². The lowest BCUT2D eigenvalue weighted by atomic mass is 10.0. The largest absolute Gasteiger partial charge is 0.433 e. The second kappa shape index (κ2) is 10.4. The van der Waals surface area contributed by atoms with E-state index in [1.54, 1.807) is 19.2 Å². The Bertz CT molecular complexity index is 1420. The van der Waals surface area contributed by atoms with E-state index in [1.807, 2.05) is 11.0 Å². The molecule has 0 aliphatic carbocycles. The van der Waals surface area contributed by atoms with E-state index in [-0.39, 0.29) is 17.0 Å². The van der Waals surface area contributed by atoms with Crippen LogP contribution in [0.5, 0.6) is 0 Å². The van der Waals surface area contributed by atoms with E-state index in [0.29, 0.717) is 60.6 Å². The zero-order chi connectivity index (χ0) is 26.8. The molecule has 0 bridgehead atoms. The van der Waals surface area contributed by atoms with Crippen molar-refractivity contribution in [1.29, 1.82) is 0 Å². The van der Waals surface area contributed by atoms with Crippen LogP contribution >= 0.6 is 0 Å². The number of rotatable bonds is 6.